The second kappa shape index (κ2) is 5.72. The van der Waals surface area contributed by atoms with Crippen LogP contribution in [0.5, 0.6) is 0 Å². The van der Waals surface area contributed by atoms with Crippen molar-refractivity contribution >= 4 is 11.8 Å². The third-order valence-electron chi connectivity index (χ3n) is 1.34. The van der Waals surface area contributed by atoms with Gasteiger partial charge < -0.3 is 10.0 Å². The topological polar surface area (TPSA) is 23.5 Å². The third kappa shape index (κ3) is 7.16. The summed E-state index contributed by atoms with van der Waals surface area (Å²) in [6.07, 6.45) is -6.68. The van der Waals surface area contributed by atoms with Crippen molar-refractivity contribution in [2.75, 3.05) is 32.1 Å². The average molecular weight is 217 g/mol. The van der Waals surface area contributed by atoms with Gasteiger partial charge in [-0.2, -0.15) is 24.9 Å². The molecular weight excluding hydrogens is 203 g/mol. The van der Waals surface area contributed by atoms with Crippen LogP contribution < -0.4 is 0 Å². The Morgan fingerprint density at radius 1 is 1.38 bits per heavy atom. The van der Waals surface area contributed by atoms with Crippen molar-refractivity contribution in [2.45, 2.75) is 12.3 Å². The van der Waals surface area contributed by atoms with Crippen molar-refractivity contribution in [3.8, 4) is 0 Å². The van der Waals surface area contributed by atoms with Crippen LogP contribution in [0.3, 0.4) is 0 Å². The largest absolute Gasteiger partial charge is 0.415 e. The summed E-state index contributed by atoms with van der Waals surface area (Å²) >= 11 is 1.10. The predicted molar refractivity (Wildman–Crippen MR) is 47.9 cm³/mol. The summed E-state index contributed by atoms with van der Waals surface area (Å²) in [6, 6.07) is 0. The minimum atomic E-state index is -4.48. The predicted octanol–water partition coefficient (Wildman–Crippen LogP) is 1.20. The molecule has 13 heavy (non-hydrogen) atoms. The standard InChI is InChI=1S/C7H14F3NOS/c1-11(2)3-4-13-5-6(12)7(8,9)10/h6,12H,3-5H2,1-2H3. The molecule has 6 heteroatoms. The number of nitrogens with zero attached hydrogens (tertiary/aromatic N) is 1. The van der Waals surface area contributed by atoms with E-state index in [-0.39, 0.29) is 5.75 Å². The number of aliphatic hydroxyl groups excluding tert-OH is 1. The molecule has 0 rings (SSSR count). The summed E-state index contributed by atoms with van der Waals surface area (Å²) in [5, 5.41) is 8.59. The minimum Gasteiger partial charge on any atom is -0.383 e. The van der Waals surface area contributed by atoms with Crippen molar-refractivity contribution < 1.29 is 18.3 Å². The molecule has 0 heterocycles. The lowest BCUT2D eigenvalue weighted by atomic mass is 10.4. The first-order chi connectivity index (χ1) is 5.84. The fourth-order valence-corrected chi connectivity index (χ4v) is 1.61. The van der Waals surface area contributed by atoms with Crippen LogP contribution in [0.2, 0.25) is 0 Å². The number of thioether (sulfide) groups is 1. The maximum atomic E-state index is 11.8. The molecule has 0 aliphatic heterocycles. The summed E-state index contributed by atoms with van der Waals surface area (Å²) < 4.78 is 35.3. The fourth-order valence-electron chi connectivity index (χ4n) is 0.537. The summed E-state index contributed by atoms with van der Waals surface area (Å²) in [5.41, 5.74) is 0. The number of aliphatic hydroxyl groups is 1. The summed E-state index contributed by atoms with van der Waals surface area (Å²) in [4.78, 5) is 1.88. The molecule has 0 saturated carbocycles. The van der Waals surface area contributed by atoms with Gasteiger partial charge in [-0.3, -0.25) is 0 Å². The molecule has 0 radical (unpaired) electrons. The lowest BCUT2D eigenvalue weighted by Crippen LogP contribution is -2.31. The smallest absolute Gasteiger partial charge is 0.383 e. The van der Waals surface area contributed by atoms with Gasteiger partial charge in [-0.05, 0) is 14.1 Å². The fraction of sp³-hybridized carbons (Fsp3) is 1.00. The highest BCUT2D eigenvalue weighted by atomic mass is 32.2. The molecule has 0 aliphatic carbocycles. The molecular formula is C7H14F3NOS. The molecule has 1 unspecified atom stereocenters. The highest BCUT2D eigenvalue weighted by Crippen LogP contribution is 2.22. The molecule has 0 fully saturated rings. The summed E-state index contributed by atoms with van der Waals surface area (Å²) in [5.74, 6) is 0.317. The first-order valence-corrected chi connectivity index (χ1v) is 4.96. The molecule has 0 spiro atoms. The maximum Gasteiger partial charge on any atom is 0.415 e. The van der Waals surface area contributed by atoms with Gasteiger partial charge in [0.2, 0.25) is 0 Å². The van der Waals surface area contributed by atoms with E-state index < -0.39 is 12.3 Å². The average Bonchev–Trinajstić information content (AvgIpc) is 1.95. The van der Waals surface area contributed by atoms with Gasteiger partial charge in [0, 0.05) is 18.1 Å². The van der Waals surface area contributed by atoms with E-state index in [1.165, 1.54) is 0 Å². The van der Waals surface area contributed by atoms with E-state index in [9.17, 15) is 13.2 Å². The monoisotopic (exact) mass is 217 g/mol. The zero-order valence-electron chi connectivity index (χ0n) is 7.64. The lowest BCUT2D eigenvalue weighted by Gasteiger charge is -2.14. The van der Waals surface area contributed by atoms with Crippen LogP contribution in [0, 0.1) is 0 Å². The Hall–Kier alpha value is 0.0600. The second-order valence-corrected chi connectivity index (χ2v) is 4.09. The number of hydrogen-bond donors (Lipinski definition) is 1. The number of alkyl halides is 3. The van der Waals surface area contributed by atoms with E-state index in [1.807, 2.05) is 19.0 Å². The van der Waals surface area contributed by atoms with E-state index >= 15 is 0 Å². The molecule has 0 aromatic heterocycles. The molecule has 80 valence electrons. The van der Waals surface area contributed by atoms with Crippen molar-refractivity contribution in [3.63, 3.8) is 0 Å². The zero-order chi connectivity index (χ0) is 10.5. The van der Waals surface area contributed by atoms with E-state index in [4.69, 9.17) is 5.11 Å². The Morgan fingerprint density at radius 2 is 1.92 bits per heavy atom. The van der Waals surface area contributed by atoms with E-state index in [0.29, 0.717) is 5.75 Å². The Balaban J connectivity index is 3.43. The first kappa shape index (κ1) is 13.1. The Bertz CT molecular complexity index is 140. The van der Waals surface area contributed by atoms with Crippen LogP contribution in [0.15, 0.2) is 0 Å². The third-order valence-corrected chi connectivity index (χ3v) is 2.36. The van der Waals surface area contributed by atoms with Crippen LogP contribution in [0.1, 0.15) is 0 Å². The van der Waals surface area contributed by atoms with Crippen LogP contribution in [-0.2, 0) is 0 Å². The Labute approximate surface area is 80.1 Å². The summed E-state index contributed by atoms with van der Waals surface area (Å²) in [6.45, 7) is 0.718. The summed E-state index contributed by atoms with van der Waals surface area (Å²) in [7, 11) is 3.70. The molecule has 0 aliphatic rings. The molecule has 1 N–H and O–H groups in total. The lowest BCUT2D eigenvalue weighted by molar-refractivity contribution is -0.195. The maximum absolute atomic E-state index is 11.8. The molecule has 0 bridgehead atoms. The van der Waals surface area contributed by atoms with Crippen molar-refractivity contribution in [1.82, 2.24) is 4.90 Å². The molecule has 1 atom stereocenters. The van der Waals surface area contributed by atoms with Gasteiger partial charge >= 0.3 is 6.18 Å². The molecule has 0 saturated heterocycles. The van der Waals surface area contributed by atoms with Crippen LogP contribution >= 0.6 is 11.8 Å². The highest BCUT2D eigenvalue weighted by molar-refractivity contribution is 7.99. The molecule has 0 aromatic carbocycles. The van der Waals surface area contributed by atoms with E-state index in [1.54, 1.807) is 0 Å². The van der Waals surface area contributed by atoms with E-state index in [2.05, 4.69) is 0 Å². The van der Waals surface area contributed by atoms with Crippen LogP contribution in [-0.4, -0.2) is 54.4 Å². The minimum absolute atomic E-state index is 0.280. The number of rotatable bonds is 5. The number of halogens is 3. The second-order valence-electron chi connectivity index (χ2n) is 2.94. The number of hydrogen-bond acceptors (Lipinski definition) is 3. The van der Waals surface area contributed by atoms with Crippen LogP contribution in [0.25, 0.3) is 0 Å². The van der Waals surface area contributed by atoms with Crippen LogP contribution in [0.4, 0.5) is 13.2 Å². The van der Waals surface area contributed by atoms with Gasteiger partial charge in [0.25, 0.3) is 0 Å². The first-order valence-electron chi connectivity index (χ1n) is 3.81. The van der Waals surface area contributed by atoms with Gasteiger partial charge in [-0.1, -0.05) is 0 Å². The molecule has 2 nitrogen and oxygen atoms in total. The molecule has 0 aromatic rings. The zero-order valence-corrected chi connectivity index (χ0v) is 8.45. The van der Waals surface area contributed by atoms with Gasteiger partial charge in [-0.15, -0.1) is 0 Å². The molecule has 0 amide bonds. The highest BCUT2D eigenvalue weighted by Gasteiger charge is 2.37. The van der Waals surface area contributed by atoms with Gasteiger partial charge in [0.05, 0.1) is 0 Å². The van der Waals surface area contributed by atoms with Gasteiger partial charge in [0.1, 0.15) is 0 Å². The Morgan fingerprint density at radius 3 is 2.31 bits per heavy atom. The quantitative estimate of drug-likeness (QED) is 0.700. The van der Waals surface area contributed by atoms with Crippen molar-refractivity contribution in [1.29, 1.82) is 0 Å². The van der Waals surface area contributed by atoms with E-state index in [0.717, 1.165) is 18.3 Å². The SMILES string of the molecule is CN(C)CCSCC(O)C(F)(F)F. The Kier molecular flexibility index (Phi) is 5.75. The van der Waals surface area contributed by atoms with Crippen molar-refractivity contribution in [3.05, 3.63) is 0 Å². The van der Waals surface area contributed by atoms with Gasteiger partial charge in [0.15, 0.2) is 6.10 Å². The van der Waals surface area contributed by atoms with Crippen molar-refractivity contribution in [2.24, 2.45) is 0 Å². The normalized spacial score (nSPS) is 15.0. The van der Waals surface area contributed by atoms with Gasteiger partial charge in [-0.25, -0.2) is 0 Å².